The molecule has 2 aromatic carbocycles. The van der Waals surface area contributed by atoms with Crippen LogP contribution in [0.4, 0.5) is 4.39 Å². The van der Waals surface area contributed by atoms with Gasteiger partial charge in [-0.1, -0.05) is 38.1 Å². The van der Waals surface area contributed by atoms with Crippen molar-refractivity contribution in [2.45, 2.75) is 26.3 Å². The van der Waals surface area contributed by atoms with Crippen molar-refractivity contribution in [2.75, 3.05) is 0 Å². The van der Waals surface area contributed by atoms with E-state index in [4.69, 9.17) is 0 Å². The smallest absolute Gasteiger partial charge is 0.261 e. The lowest BCUT2D eigenvalue weighted by Crippen LogP contribution is -2.24. The van der Waals surface area contributed by atoms with Crippen molar-refractivity contribution in [2.24, 2.45) is 0 Å². The topological polar surface area (TPSA) is 52.0 Å². The van der Waals surface area contributed by atoms with Crippen molar-refractivity contribution < 1.29 is 9.18 Å². The Hall–Kier alpha value is -2.82. The monoisotopic (exact) mass is 324 g/mol. The number of hydrogen-bond acceptors (Lipinski definition) is 3. The zero-order chi connectivity index (χ0) is 17.3. The summed E-state index contributed by atoms with van der Waals surface area (Å²) in [5.41, 5.74) is 1.63. The highest BCUT2D eigenvalue weighted by atomic mass is 19.1. The van der Waals surface area contributed by atoms with Gasteiger partial charge in [0.25, 0.3) is 5.56 Å². The fourth-order valence-electron chi connectivity index (χ4n) is 2.54. The fraction of sp³-hybridized carbons (Fsp3) is 0.211. The number of rotatable bonds is 4. The summed E-state index contributed by atoms with van der Waals surface area (Å²) in [6, 6.07) is 11.2. The normalized spacial score (nSPS) is 11.2. The van der Waals surface area contributed by atoms with E-state index < -0.39 is 5.82 Å². The molecule has 0 aliphatic heterocycles. The molecule has 0 bridgehead atoms. The number of benzene rings is 2. The molecular weight excluding hydrogens is 307 g/mol. The van der Waals surface area contributed by atoms with Crippen molar-refractivity contribution in [3.63, 3.8) is 0 Å². The lowest BCUT2D eigenvalue weighted by atomic mass is 10.0. The molecule has 24 heavy (non-hydrogen) atoms. The van der Waals surface area contributed by atoms with E-state index >= 15 is 0 Å². The van der Waals surface area contributed by atoms with E-state index in [1.807, 2.05) is 12.1 Å². The van der Waals surface area contributed by atoms with E-state index in [1.54, 1.807) is 12.1 Å². The van der Waals surface area contributed by atoms with E-state index in [2.05, 4.69) is 18.8 Å². The highest BCUT2D eigenvalue weighted by Crippen LogP contribution is 2.15. The minimum Gasteiger partial charge on any atom is -0.292 e. The molecule has 1 aromatic heterocycles. The minimum atomic E-state index is -0.450. The van der Waals surface area contributed by atoms with E-state index in [0.717, 1.165) is 5.56 Å². The van der Waals surface area contributed by atoms with Crippen LogP contribution in [0.1, 0.15) is 35.7 Å². The second-order valence-electron chi connectivity index (χ2n) is 6.04. The van der Waals surface area contributed by atoms with Crippen LogP contribution in [0.2, 0.25) is 0 Å². The molecule has 0 aliphatic carbocycles. The number of Topliss-reactive ketones (excluding diaryl/α,β-unsaturated/α-hetero) is 1. The molecule has 0 aliphatic rings. The Morgan fingerprint density at radius 3 is 2.54 bits per heavy atom. The van der Waals surface area contributed by atoms with Crippen LogP contribution >= 0.6 is 0 Å². The third kappa shape index (κ3) is 3.11. The summed E-state index contributed by atoms with van der Waals surface area (Å²) in [6.07, 6.45) is 1.28. The first-order chi connectivity index (χ1) is 11.5. The van der Waals surface area contributed by atoms with Crippen molar-refractivity contribution in [1.82, 2.24) is 9.55 Å². The SMILES string of the molecule is CC(C)c1ccc(C(=O)Cn2cnc3cc(F)ccc3c2=O)cc1. The Labute approximate surface area is 138 Å². The zero-order valence-corrected chi connectivity index (χ0v) is 13.5. The molecular formula is C19H17FN2O2. The van der Waals surface area contributed by atoms with Gasteiger partial charge in [0.05, 0.1) is 23.8 Å². The average molecular weight is 324 g/mol. The number of fused-ring (bicyclic) bond motifs is 1. The van der Waals surface area contributed by atoms with Crippen LogP contribution in [0.5, 0.6) is 0 Å². The second-order valence-corrected chi connectivity index (χ2v) is 6.04. The largest absolute Gasteiger partial charge is 0.292 e. The maximum Gasteiger partial charge on any atom is 0.261 e. The molecule has 0 saturated carbocycles. The summed E-state index contributed by atoms with van der Waals surface area (Å²) in [5, 5.41) is 0.293. The molecule has 0 N–H and O–H groups in total. The third-order valence-electron chi connectivity index (χ3n) is 4.00. The predicted molar refractivity (Wildman–Crippen MR) is 90.8 cm³/mol. The molecule has 3 aromatic rings. The van der Waals surface area contributed by atoms with Gasteiger partial charge in [-0.05, 0) is 23.6 Å². The van der Waals surface area contributed by atoms with Gasteiger partial charge in [0, 0.05) is 11.6 Å². The lowest BCUT2D eigenvalue weighted by molar-refractivity contribution is 0.0970. The molecule has 0 atom stereocenters. The number of ketones is 1. The maximum atomic E-state index is 13.2. The standard InChI is InChI=1S/C19H17FN2O2/c1-12(2)13-3-5-14(6-4-13)18(23)10-22-11-21-17-9-15(20)7-8-16(17)19(22)24/h3-9,11-12H,10H2,1-2H3. The Kier molecular flexibility index (Phi) is 4.25. The second kappa shape index (κ2) is 6.35. The summed E-state index contributed by atoms with van der Waals surface area (Å²) in [4.78, 5) is 28.8. The number of carbonyl (C=O) groups is 1. The van der Waals surface area contributed by atoms with Crippen molar-refractivity contribution in [3.05, 3.63) is 76.1 Å². The summed E-state index contributed by atoms with van der Waals surface area (Å²) < 4.78 is 14.4. The van der Waals surface area contributed by atoms with Gasteiger partial charge >= 0.3 is 0 Å². The molecule has 5 heteroatoms. The predicted octanol–water partition coefficient (Wildman–Crippen LogP) is 3.54. The highest BCUT2D eigenvalue weighted by molar-refractivity contribution is 5.96. The third-order valence-corrected chi connectivity index (χ3v) is 4.00. The number of hydrogen-bond donors (Lipinski definition) is 0. The molecule has 0 unspecified atom stereocenters. The molecule has 1 heterocycles. The van der Waals surface area contributed by atoms with Gasteiger partial charge in [-0.2, -0.15) is 0 Å². The first-order valence-electron chi connectivity index (χ1n) is 7.73. The first-order valence-corrected chi connectivity index (χ1v) is 7.73. The lowest BCUT2D eigenvalue weighted by Gasteiger charge is -2.08. The average Bonchev–Trinajstić information content (AvgIpc) is 2.57. The fourth-order valence-corrected chi connectivity index (χ4v) is 2.54. The van der Waals surface area contributed by atoms with Crippen molar-refractivity contribution >= 4 is 16.7 Å². The van der Waals surface area contributed by atoms with Crippen molar-refractivity contribution in [3.8, 4) is 0 Å². The molecule has 0 radical (unpaired) electrons. The van der Waals surface area contributed by atoms with Gasteiger partial charge in [0.15, 0.2) is 5.78 Å². The summed E-state index contributed by atoms with van der Waals surface area (Å²) in [6.45, 7) is 4.07. The van der Waals surface area contributed by atoms with Gasteiger partial charge in [-0.15, -0.1) is 0 Å². The van der Waals surface area contributed by atoms with Crippen LogP contribution in [0.3, 0.4) is 0 Å². The summed E-state index contributed by atoms with van der Waals surface area (Å²) >= 11 is 0. The van der Waals surface area contributed by atoms with Crippen LogP contribution in [-0.4, -0.2) is 15.3 Å². The van der Waals surface area contributed by atoms with Crippen LogP contribution < -0.4 is 5.56 Å². The highest BCUT2D eigenvalue weighted by Gasteiger charge is 2.11. The van der Waals surface area contributed by atoms with Crippen LogP contribution in [0.15, 0.2) is 53.6 Å². The van der Waals surface area contributed by atoms with Gasteiger partial charge in [0.2, 0.25) is 0 Å². The Bertz CT molecular complexity index is 959. The summed E-state index contributed by atoms with van der Waals surface area (Å²) in [7, 11) is 0. The van der Waals surface area contributed by atoms with Crippen molar-refractivity contribution in [1.29, 1.82) is 0 Å². The minimum absolute atomic E-state index is 0.0970. The van der Waals surface area contributed by atoms with E-state index in [9.17, 15) is 14.0 Å². The molecule has 0 saturated heterocycles. The molecule has 0 amide bonds. The van der Waals surface area contributed by atoms with E-state index in [0.29, 0.717) is 16.9 Å². The zero-order valence-electron chi connectivity index (χ0n) is 13.5. The van der Waals surface area contributed by atoms with Crippen LogP contribution in [0, 0.1) is 5.82 Å². The number of aromatic nitrogens is 2. The van der Waals surface area contributed by atoms with Crippen LogP contribution in [-0.2, 0) is 6.54 Å². The maximum absolute atomic E-state index is 13.2. The van der Waals surface area contributed by atoms with Gasteiger partial charge in [-0.3, -0.25) is 14.2 Å². The molecule has 4 nitrogen and oxygen atoms in total. The molecule has 0 fully saturated rings. The Morgan fingerprint density at radius 1 is 1.17 bits per heavy atom. The summed E-state index contributed by atoms with van der Waals surface area (Å²) in [5.74, 6) is -0.231. The first kappa shape index (κ1) is 16.1. The van der Waals surface area contributed by atoms with Gasteiger partial charge in [-0.25, -0.2) is 9.37 Å². The van der Waals surface area contributed by atoms with Gasteiger partial charge < -0.3 is 0 Å². The quantitative estimate of drug-likeness (QED) is 0.690. The molecule has 3 rings (SSSR count). The number of carbonyl (C=O) groups excluding carboxylic acids is 1. The Morgan fingerprint density at radius 2 is 1.88 bits per heavy atom. The number of nitrogens with zero attached hydrogens (tertiary/aromatic N) is 2. The van der Waals surface area contributed by atoms with E-state index in [1.165, 1.54) is 29.1 Å². The molecule has 0 spiro atoms. The number of halogens is 1. The van der Waals surface area contributed by atoms with Gasteiger partial charge in [0.1, 0.15) is 5.82 Å². The van der Waals surface area contributed by atoms with Crippen LogP contribution in [0.25, 0.3) is 10.9 Å². The molecule has 122 valence electrons. The van der Waals surface area contributed by atoms with E-state index in [-0.39, 0.29) is 23.4 Å². The Balaban J connectivity index is 1.89.